The molecule has 8 nitrogen and oxygen atoms in total. The van der Waals surface area contributed by atoms with Crippen molar-refractivity contribution in [3.63, 3.8) is 0 Å². The minimum atomic E-state index is -4.77. The van der Waals surface area contributed by atoms with Crippen LogP contribution in [0.25, 0.3) is 0 Å². The van der Waals surface area contributed by atoms with Crippen molar-refractivity contribution >= 4 is 34.8 Å². The lowest BCUT2D eigenvalue weighted by molar-refractivity contribution is -0.137. The van der Waals surface area contributed by atoms with Crippen LogP contribution in [0.5, 0.6) is 0 Å². The van der Waals surface area contributed by atoms with E-state index in [4.69, 9.17) is 16.9 Å². The van der Waals surface area contributed by atoms with Crippen molar-refractivity contribution in [2.75, 3.05) is 16.5 Å². The molecule has 0 saturated carbocycles. The number of amides is 2. The lowest BCUT2D eigenvalue weighted by atomic mass is 10.1. The summed E-state index contributed by atoms with van der Waals surface area (Å²) in [6, 6.07) is 4.07. The van der Waals surface area contributed by atoms with E-state index in [-0.39, 0.29) is 18.1 Å². The Balaban J connectivity index is 2.05. The third-order valence-electron chi connectivity index (χ3n) is 3.41. The maximum atomic E-state index is 13.0. The summed E-state index contributed by atoms with van der Waals surface area (Å²) in [5, 5.41) is 27.1. The van der Waals surface area contributed by atoms with Crippen molar-refractivity contribution in [3.8, 4) is 6.07 Å². The minimum absolute atomic E-state index is 0.231. The third kappa shape index (κ3) is 5.45. The molecule has 0 fully saturated rings. The molecular weight excluding hydrogens is 403 g/mol. The van der Waals surface area contributed by atoms with Gasteiger partial charge in [-0.3, -0.25) is 14.3 Å². The number of halogens is 4. The second kappa shape index (κ2) is 8.73. The number of alkyl halides is 4. The molecule has 3 N–H and O–H groups in total. The Morgan fingerprint density at radius 1 is 1.32 bits per heavy atom. The number of anilines is 2. The second-order valence-electron chi connectivity index (χ2n) is 5.51. The number of carbonyl (C=O) groups excluding carboxylic acids is 2. The average Bonchev–Trinajstić information content (AvgIpc) is 3.07. The van der Waals surface area contributed by atoms with Crippen LogP contribution in [-0.4, -0.2) is 38.7 Å². The molecule has 2 aromatic rings. The molecule has 2 rings (SSSR count). The first kappa shape index (κ1) is 21.2. The number of nitriles is 1. The van der Waals surface area contributed by atoms with Gasteiger partial charge in [-0.05, 0) is 18.2 Å². The molecule has 0 unspecified atom stereocenters. The Bertz CT molecular complexity index is 923. The van der Waals surface area contributed by atoms with Gasteiger partial charge in [-0.25, -0.2) is 0 Å². The Morgan fingerprint density at radius 2 is 2.04 bits per heavy atom. The molecule has 0 spiro atoms. The molecule has 1 heterocycles. The lowest BCUT2D eigenvalue weighted by Gasteiger charge is -2.14. The van der Waals surface area contributed by atoms with Crippen molar-refractivity contribution in [2.24, 2.45) is 0 Å². The lowest BCUT2D eigenvalue weighted by Crippen LogP contribution is -2.32. The van der Waals surface area contributed by atoms with Gasteiger partial charge in [-0.2, -0.15) is 23.5 Å². The van der Waals surface area contributed by atoms with Crippen LogP contribution in [0.15, 0.2) is 30.6 Å². The average molecular weight is 416 g/mol. The predicted octanol–water partition coefficient (Wildman–Crippen LogP) is 1.95. The number of rotatable bonds is 6. The fourth-order valence-corrected chi connectivity index (χ4v) is 2.23. The molecule has 0 bridgehead atoms. The summed E-state index contributed by atoms with van der Waals surface area (Å²) in [6.07, 6.45) is -3.81. The van der Waals surface area contributed by atoms with Gasteiger partial charge < -0.3 is 15.7 Å². The van der Waals surface area contributed by atoms with Crippen LogP contribution in [-0.2, 0) is 22.3 Å². The molecule has 0 aliphatic carbocycles. The molecule has 12 heteroatoms. The standard InChI is InChI=1S/C16H13ClF3N5O3/c17-4-14(27)23-11-6-22-25(7-11)8-13(26)15(28)24-10-2-1-9(5-21)12(3-10)16(18,19)20/h1-3,6-7,13,26H,4,8H2,(H,23,27)(H,24,28)/t13-/m0/s1. The monoisotopic (exact) mass is 415 g/mol. The maximum absolute atomic E-state index is 13.0. The van der Waals surface area contributed by atoms with Crippen LogP contribution < -0.4 is 10.6 Å². The first-order valence-electron chi connectivity index (χ1n) is 7.62. The van der Waals surface area contributed by atoms with Gasteiger partial charge >= 0.3 is 6.18 Å². The summed E-state index contributed by atoms with van der Waals surface area (Å²) < 4.78 is 40.0. The summed E-state index contributed by atoms with van der Waals surface area (Å²) in [4.78, 5) is 23.2. The predicted molar refractivity (Wildman–Crippen MR) is 92.4 cm³/mol. The van der Waals surface area contributed by atoms with E-state index >= 15 is 0 Å². The highest BCUT2D eigenvalue weighted by Gasteiger charge is 2.34. The quantitative estimate of drug-likeness (QED) is 0.623. The highest BCUT2D eigenvalue weighted by Crippen LogP contribution is 2.33. The molecular formula is C16H13ClF3N5O3. The van der Waals surface area contributed by atoms with Crippen molar-refractivity contribution < 1.29 is 27.9 Å². The van der Waals surface area contributed by atoms with Gasteiger partial charge in [0.25, 0.3) is 5.91 Å². The van der Waals surface area contributed by atoms with E-state index in [1.54, 1.807) is 0 Å². The summed E-state index contributed by atoms with van der Waals surface area (Å²) in [6.45, 7) is -0.314. The number of benzene rings is 1. The molecule has 0 aliphatic heterocycles. The number of carbonyl (C=O) groups is 2. The van der Waals surface area contributed by atoms with Crippen LogP contribution >= 0.6 is 11.6 Å². The van der Waals surface area contributed by atoms with Crippen LogP contribution in [0.3, 0.4) is 0 Å². The number of aliphatic hydroxyl groups is 1. The van der Waals surface area contributed by atoms with E-state index in [2.05, 4.69) is 15.7 Å². The number of aliphatic hydroxyl groups excluding tert-OH is 1. The van der Waals surface area contributed by atoms with Gasteiger partial charge in [0.2, 0.25) is 5.91 Å². The van der Waals surface area contributed by atoms with Crippen LogP contribution in [0.4, 0.5) is 24.5 Å². The Kier molecular flexibility index (Phi) is 6.61. The molecule has 1 aromatic carbocycles. The van der Waals surface area contributed by atoms with Crippen molar-refractivity contribution in [1.82, 2.24) is 9.78 Å². The van der Waals surface area contributed by atoms with E-state index in [1.807, 2.05) is 0 Å². The zero-order valence-corrected chi connectivity index (χ0v) is 14.8. The first-order chi connectivity index (χ1) is 13.1. The summed E-state index contributed by atoms with van der Waals surface area (Å²) in [5.74, 6) is -1.71. The normalized spacial score (nSPS) is 12.1. The molecule has 1 aromatic heterocycles. The number of nitrogens with one attached hydrogen (secondary N) is 2. The fourth-order valence-electron chi connectivity index (χ4n) is 2.16. The van der Waals surface area contributed by atoms with Crippen molar-refractivity contribution in [1.29, 1.82) is 5.26 Å². The Labute approximate surface area is 161 Å². The largest absolute Gasteiger partial charge is 0.417 e. The van der Waals surface area contributed by atoms with E-state index in [1.165, 1.54) is 18.5 Å². The molecule has 28 heavy (non-hydrogen) atoms. The van der Waals surface area contributed by atoms with E-state index in [0.717, 1.165) is 16.8 Å². The van der Waals surface area contributed by atoms with Crippen LogP contribution in [0.1, 0.15) is 11.1 Å². The van der Waals surface area contributed by atoms with Gasteiger partial charge in [-0.1, -0.05) is 0 Å². The van der Waals surface area contributed by atoms with E-state index in [9.17, 15) is 27.9 Å². The van der Waals surface area contributed by atoms with Crippen molar-refractivity contribution in [3.05, 3.63) is 41.7 Å². The van der Waals surface area contributed by atoms with Crippen LogP contribution in [0.2, 0.25) is 0 Å². The summed E-state index contributed by atoms with van der Waals surface area (Å²) in [7, 11) is 0. The smallest absolute Gasteiger partial charge is 0.381 e. The Morgan fingerprint density at radius 3 is 2.64 bits per heavy atom. The molecule has 0 radical (unpaired) electrons. The van der Waals surface area contributed by atoms with Gasteiger partial charge in [0.1, 0.15) is 5.88 Å². The number of hydrogen-bond donors (Lipinski definition) is 3. The zero-order chi connectivity index (χ0) is 20.9. The summed E-state index contributed by atoms with van der Waals surface area (Å²) in [5.41, 5.74) is -1.73. The third-order valence-corrected chi connectivity index (χ3v) is 3.66. The van der Waals surface area contributed by atoms with Gasteiger partial charge in [0.05, 0.1) is 35.6 Å². The topological polar surface area (TPSA) is 120 Å². The molecule has 2 amide bonds. The molecule has 0 aliphatic rings. The second-order valence-corrected chi connectivity index (χ2v) is 5.78. The van der Waals surface area contributed by atoms with Gasteiger partial charge in [0, 0.05) is 11.9 Å². The number of nitrogens with zero attached hydrogens (tertiary/aromatic N) is 3. The maximum Gasteiger partial charge on any atom is 0.417 e. The Hall–Kier alpha value is -3.10. The highest BCUT2D eigenvalue weighted by molar-refractivity contribution is 6.29. The zero-order valence-electron chi connectivity index (χ0n) is 14.0. The molecule has 1 atom stereocenters. The number of hydrogen-bond acceptors (Lipinski definition) is 5. The van der Waals surface area contributed by atoms with Gasteiger partial charge in [0.15, 0.2) is 6.10 Å². The molecule has 148 valence electrons. The SMILES string of the molecule is N#Cc1ccc(NC(=O)[C@@H](O)Cn2cc(NC(=O)CCl)cn2)cc1C(F)(F)F. The van der Waals surface area contributed by atoms with E-state index < -0.39 is 35.2 Å². The fraction of sp³-hybridized carbons (Fsp3) is 0.250. The van der Waals surface area contributed by atoms with E-state index in [0.29, 0.717) is 11.8 Å². The van der Waals surface area contributed by atoms with Gasteiger partial charge in [-0.15, -0.1) is 11.6 Å². The number of aromatic nitrogens is 2. The molecule has 0 saturated heterocycles. The minimum Gasteiger partial charge on any atom is -0.381 e. The van der Waals surface area contributed by atoms with Crippen molar-refractivity contribution in [2.45, 2.75) is 18.8 Å². The van der Waals surface area contributed by atoms with Crippen LogP contribution in [0, 0.1) is 11.3 Å². The summed E-state index contributed by atoms with van der Waals surface area (Å²) >= 11 is 5.35. The first-order valence-corrected chi connectivity index (χ1v) is 8.16. The highest BCUT2D eigenvalue weighted by atomic mass is 35.5.